The molecule has 0 amide bonds. The molecule has 7 heteroatoms. The zero-order chi connectivity index (χ0) is 15.1. The first kappa shape index (κ1) is 14.1. The summed E-state index contributed by atoms with van der Waals surface area (Å²) in [5.74, 6) is 2.19. The van der Waals surface area contributed by atoms with Crippen molar-refractivity contribution in [3.05, 3.63) is 22.8 Å². The molecule has 2 aliphatic rings. The molecule has 1 unspecified atom stereocenters. The normalized spacial score (nSPS) is 23.2. The van der Waals surface area contributed by atoms with Crippen LogP contribution in [0.25, 0.3) is 0 Å². The summed E-state index contributed by atoms with van der Waals surface area (Å²) >= 11 is 1.74. The number of anilines is 1. The number of hydrogen-bond acceptors (Lipinski definition) is 7. The molecule has 1 atom stereocenters. The molecule has 3 heterocycles. The van der Waals surface area contributed by atoms with E-state index in [1.165, 1.54) is 12.8 Å². The second-order valence-electron chi connectivity index (χ2n) is 6.37. The maximum Gasteiger partial charge on any atom is 0.229 e. The van der Waals surface area contributed by atoms with Gasteiger partial charge in [-0.05, 0) is 26.7 Å². The van der Waals surface area contributed by atoms with E-state index >= 15 is 0 Å². The third kappa shape index (κ3) is 2.87. The van der Waals surface area contributed by atoms with E-state index in [2.05, 4.69) is 44.2 Å². The monoisotopic (exact) mass is 319 g/mol. The average Bonchev–Trinajstić information content (AvgIpc) is 3.10. The van der Waals surface area contributed by atoms with Crippen molar-refractivity contribution < 1.29 is 4.52 Å². The fourth-order valence-electron chi connectivity index (χ4n) is 2.96. The van der Waals surface area contributed by atoms with Crippen molar-refractivity contribution in [3.63, 3.8) is 0 Å². The van der Waals surface area contributed by atoms with Crippen LogP contribution in [0.3, 0.4) is 0 Å². The summed E-state index contributed by atoms with van der Waals surface area (Å²) in [6.45, 7) is 8.11. The predicted molar refractivity (Wildman–Crippen MR) is 85.2 cm³/mol. The van der Waals surface area contributed by atoms with Gasteiger partial charge in [0.1, 0.15) is 0 Å². The lowest BCUT2D eigenvalue weighted by molar-refractivity contribution is 0.213. The molecule has 0 bridgehead atoms. The highest BCUT2D eigenvalue weighted by Gasteiger charge is 2.31. The molecule has 0 radical (unpaired) electrons. The minimum absolute atomic E-state index is 0.453. The molecular weight excluding hydrogens is 298 g/mol. The molecule has 1 saturated heterocycles. The second kappa shape index (κ2) is 5.62. The van der Waals surface area contributed by atoms with Crippen LogP contribution in [-0.2, 0) is 6.54 Å². The quantitative estimate of drug-likeness (QED) is 0.862. The Balaban J connectivity index is 1.37. The molecule has 4 rings (SSSR count). The van der Waals surface area contributed by atoms with Crippen molar-refractivity contribution in [2.75, 3.05) is 24.5 Å². The Kier molecular flexibility index (Phi) is 3.62. The summed E-state index contributed by atoms with van der Waals surface area (Å²) in [7, 11) is 0. The minimum Gasteiger partial charge on any atom is -0.343 e. The standard InChI is InChI=1S/C15H21N5OS/c1-10-9-22-15(16-10)20-6-5-19(7-11(20)2)8-13-17-14(21-18-13)12-3-4-12/h9,11-12H,3-8H2,1-2H3. The van der Waals surface area contributed by atoms with Crippen LogP contribution in [0.2, 0.25) is 0 Å². The molecule has 2 fully saturated rings. The van der Waals surface area contributed by atoms with Gasteiger partial charge in [-0.2, -0.15) is 4.98 Å². The number of thiazole rings is 1. The van der Waals surface area contributed by atoms with Crippen molar-refractivity contribution in [1.29, 1.82) is 0 Å². The van der Waals surface area contributed by atoms with Crippen molar-refractivity contribution in [2.24, 2.45) is 0 Å². The van der Waals surface area contributed by atoms with E-state index in [0.717, 1.165) is 48.7 Å². The van der Waals surface area contributed by atoms with Crippen LogP contribution < -0.4 is 4.90 Å². The third-order valence-corrected chi connectivity index (χ3v) is 5.34. The molecule has 1 aliphatic heterocycles. The largest absolute Gasteiger partial charge is 0.343 e. The lowest BCUT2D eigenvalue weighted by Crippen LogP contribution is -2.51. The highest BCUT2D eigenvalue weighted by Crippen LogP contribution is 2.38. The average molecular weight is 319 g/mol. The van der Waals surface area contributed by atoms with Crippen LogP contribution in [-0.4, -0.2) is 45.7 Å². The number of aryl methyl sites for hydroxylation is 1. The lowest BCUT2D eigenvalue weighted by atomic mass is 10.2. The fraction of sp³-hybridized carbons (Fsp3) is 0.667. The molecule has 2 aromatic rings. The molecule has 118 valence electrons. The van der Waals surface area contributed by atoms with E-state index in [1.54, 1.807) is 11.3 Å². The Morgan fingerprint density at radius 1 is 1.32 bits per heavy atom. The molecule has 0 N–H and O–H groups in total. The highest BCUT2D eigenvalue weighted by atomic mass is 32.1. The summed E-state index contributed by atoms with van der Waals surface area (Å²) in [5.41, 5.74) is 1.11. The summed E-state index contributed by atoms with van der Waals surface area (Å²) in [5, 5.41) is 7.38. The number of nitrogens with zero attached hydrogens (tertiary/aromatic N) is 5. The van der Waals surface area contributed by atoms with Gasteiger partial charge in [0.25, 0.3) is 0 Å². The molecule has 1 aliphatic carbocycles. The van der Waals surface area contributed by atoms with Crippen LogP contribution in [0.4, 0.5) is 5.13 Å². The first-order chi connectivity index (χ1) is 10.7. The van der Waals surface area contributed by atoms with Crippen LogP contribution >= 0.6 is 11.3 Å². The maximum atomic E-state index is 5.34. The first-order valence-electron chi connectivity index (χ1n) is 7.92. The van der Waals surface area contributed by atoms with E-state index < -0.39 is 0 Å². The molecule has 22 heavy (non-hydrogen) atoms. The van der Waals surface area contributed by atoms with Gasteiger partial charge in [-0.3, -0.25) is 4.90 Å². The molecule has 2 aromatic heterocycles. The van der Waals surface area contributed by atoms with Crippen molar-refractivity contribution >= 4 is 16.5 Å². The topological polar surface area (TPSA) is 58.3 Å². The second-order valence-corrected chi connectivity index (χ2v) is 7.21. The van der Waals surface area contributed by atoms with Crippen LogP contribution in [0, 0.1) is 6.92 Å². The Labute approximate surface area is 134 Å². The van der Waals surface area contributed by atoms with Crippen molar-refractivity contribution in [2.45, 2.75) is 45.2 Å². The number of rotatable bonds is 4. The molecular formula is C15H21N5OS. The SMILES string of the molecule is Cc1csc(N2CCN(Cc3noc(C4CC4)n3)CC2C)n1. The Hall–Kier alpha value is -1.47. The Bertz CT molecular complexity index is 650. The van der Waals surface area contributed by atoms with E-state index in [0.29, 0.717) is 12.0 Å². The van der Waals surface area contributed by atoms with Gasteiger partial charge in [0.05, 0.1) is 12.2 Å². The Morgan fingerprint density at radius 3 is 2.86 bits per heavy atom. The first-order valence-corrected chi connectivity index (χ1v) is 8.80. The number of aromatic nitrogens is 3. The maximum absolute atomic E-state index is 5.34. The van der Waals surface area contributed by atoms with Gasteiger partial charge in [0, 0.05) is 37.0 Å². The van der Waals surface area contributed by atoms with E-state index in [9.17, 15) is 0 Å². The van der Waals surface area contributed by atoms with Crippen LogP contribution in [0.1, 0.15) is 43.1 Å². The number of hydrogen-bond donors (Lipinski definition) is 0. The van der Waals surface area contributed by atoms with Crippen LogP contribution in [0.5, 0.6) is 0 Å². The van der Waals surface area contributed by atoms with E-state index in [-0.39, 0.29) is 0 Å². The fourth-order valence-corrected chi connectivity index (χ4v) is 3.89. The van der Waals surface area contributed by atoms with Gasteiger partial charge in [0.2, 0.25) is 5.89 Å². The van der Waals surface area contributed by atoms with Crippen molar-refractivity contribution in [3.8, 4) is 0 Å². The zero-order valence-electron chi connectivity index (χ0n) is 13.0. The Morgan fingerprint density at radius 2 is 2.18 bits per heavy atom. The van der Waals surface area contributed by atoms with Crippen molar-refractivity contribution in [1.82, 2.24) is 20.0 Å². The summed E-state index contributed by atoms with van der Waals surface area (Å²) in [6, 6.07) is 0.453. The molecule has 0 aromatic carbocycles. The lowest BCUT2D eigenvalue weighted by Gasteiger charge is -2.39. The van der Waals surface area contributed by atoms with Gasteiger partial charge in [-0.25, -0.2) is 4.98 Å². The molecule has 0 spiro atoms. The third-order valence-electron chi connectivity index (χ3n) is 4.34. The zero-order valence-corrected chi connectivity index (χ0v) is 13.8. The van der Waals surface area contributed by atoms with Gasteiger partial charge in [-0.1, -0.05) is 5.16 Å². The predicted octanol–water partition coefficient (Wildman–Crippen LogP) is 2.42. The highest BCUT2D eigenvalue weighted by molar-refractivity contribution is 7.13. The van der Waals surface area contributed by atoms with Gasteiger partial charge in [0.15, 0.2) is 11.0 Å². The van der Waals surface area contributed by atoms with Gasteiger partial charge < -0.3 is 9.42 Å². The molecule has 6 nitrogen and oxygen atoms in total. The summed E-state index contributed by atoms with van der Waals surface area (Å²) < 4.78 is 5.34. The van der Waals surface area contributed by atoms with E-state index in [1.807, 2.05) is 0 Å². The van der Waals surface area contributed by atoms with Crippen LogP contribution in [0.15, 0.2) is 9.90 Å². The summed E-state index contributed by atoms with van der Waals surface area (Å²) in [4.78, 5) is 13.9. The van der Waals surface area contributed by atoms with Gasteiger partial charge in [-0.15, -0.1) is 11.3 Å². The molecule has 1 saturated carbocycles. The summed E-state index contributed by atoms with van der Waals surface area (Å²) in [6.07, 6.45) is 2.40. The minimum atomic E-state index is 0.453. The smallest absolute Gasteiger partial charge is 0.229 e. The van der Waals surface area contributed by atoms with Gasteiger partial charge >= 0.3 is 0 Å². The van der Waals surface area contributed by atoms with E-state index in [4.69, 9.17) is 4.52 Å². The number of piperazine rings is 1.